The smallest absolute Gasteiger partial charge is 0.259 e. The van der Waals surface area contributed by atoms with Crippen molar-refractivity contribution in [2.45, 2.75) is 41.0 Å². The van der Waals surface area contributed by atoms with Crippen LogP contribution >= 0.6 is 0 Å². The highest BCUT2D eigenvalue weighted by Gasteiger charge is 2.26. The molecule has 0 aliphatic heterocycles. The first-order valence-corrected chi connectivity index (χ1v) is 9.71. The van der Waals surface area contributed by atoms with E-state index in [9.17, 15) is 4.79 Å². The van der Waals surface area contributed by atoms with Gasteiger partial charge in [-0.15, -0.1) is 10.2 Å². The van der Waals surface area contributed by atoms with E-state index in [-0.39, 0.29) is 5.91 Å². The number of pyridine rings is 2. The van der Waals surface area contributed by atoms with Crippen molar-refractivity contribution in [1.82, 2.24) is 24.5 Å². The number of aryl methyl sites for hydroxylation is 1. The number of fused-ring (bicyclic) bond motifs is 3. The van der Waals surface area contributed by atoms with E-state index in [1.807, 2.05) is 42.2 Å². The van der Waals surface area contributed by atoms with Crippen LogP contribution in [0.15, 0.2) is 18.3 Å². The number of amides is 1. The molecule has 0 spiro atoms. The van der Waals surface area contributed by atoms with Crippen LogP contribution in [-0.2, 0) is 6.42 Å². The molecule has 27 heavy (non-hydrogen) atoms. The summed E-state index contributed by atoms with van der Waals surface area (Å²) >= 11 is 0. The minimum Gasteiger partial charge on any atom is -0.383 e. The maximum absolute atomic E-state index is 13.4. The standard InChI is InChI=1S/C20H28N6O/c1-6-15-23-24-19-16(20(27)25(7-2)8-3)17(22-12-13(4)5)14-10-9-11-21-18(14)26(15)19/h9-11,13,22H,6-8,12H2,1-5H3. The van der Waals surface area contributed by atoms with E-state index in [1.54, 1.807) is 6.20 Å². The highest BCUT2D eigenvalue weighted by molar-refractivity contribution is 6.11. The first kappa shape index (κ1) is 19.1. The summed E-state index contributed by atoms with van der Waals surface area (Å²) in [4.78, 5) is 19.8. The fourth-order valence-corrected chi connectivity index (χ4v) is 3.31. The topological polar surface area (TPSA) is 75.4 Å². The minimum atomic E-state index is -0.0305. The Morgan fingerprint density at radius 3 is 2.56 bits per heavy atom. The number of anilines is 1. The average molecular weight is 368 g/mol. The molecule has 0 saturated heterocycles. The number of nitrogens with zero attached hydrogens (tertiary/aromatic N) is 5. The molecule has 0 unspecified atom stereocenters. The number of aromatic nitrogens is 4. The van der Waals surface area contributed by atoms with Crippen LogP contribution in [0.2, 0.25) is 0 Å². The molecule has 3 aromatic heterocycles. The summed E-state index contributed by atoms with van der Waals surface area (Å²) in [5.74, 6) is 1.21. The molecular formula is C20H28N6O. The zero-order valence-corrected chi connectivity index (χ0v) is 16.8. The van der Waals surface area contributed by atoms with Crippen molar-refractivity contribution in [1.29, 1.82) is 0 Å². The second-order valence-electron chi connectivity index (χ2n) is 7.01. The molecule has 1 amide bonds. The molecule has 0 aliphatic rings. The first-order valence-electron chi connectivity index (χ1n) is 9.71. The molecule has 7 heteroatoms. The lowest BCUT2D eigenvalue weighted by Gasteiger charge is -2.23. The van der Waals surface area contributed by atoms with E-state index < -0.39 is 0 Å². The second kappa shape index (κ2) is 7.90. The van der Waals surface area contributed by atoms with E-state index in [1.165, 1.54) is 0 Å². The number of rotatable bonds is 7. The summed E-state index contributed by atoms with van der Waals surface area (Å²) < 4.78 is 1.92. The number of carbonyl (C=O) groups is 1. The van der Waals surface area contributed by atoms with Gasteiger partial charge in [-0.3, -0.25) is 9.20 Å². The molecule has 0 aromatic carbocycles. The Hall–Kier alpha value is -2.70. The summed E-state index contributed by atoms with van der Waals surface area (Å²) in [6, 6.07) is 3.90. The number of carbonyl (C=O) groups excluding carboxylic acids is 1. The van der Waals surface area contributed by atoms with Crippen LogP contribution in [0.4, 0.5) is 5.69 Å². The van der Waals surface area contributed by atoms with E-state index in [0.29, 0.717) is 36.6 Å². The molecule has 0 bridgehead atoms. The maximum Gasteiger partial charge on any atom is 0.259 e. The Kier molecular flexibility index (Phi) is 5.58. The van der Waals surface area contributed by atoms with E-state index in [2.05, 4.69) is 34.3 Å². The molecule has 1 N–H and O–H groups in total. The number of hydrogen-bond acceptors (Lipinski definition) is 5. The second-order valence-corrected chi connectivity index (χ2v) is 7.01. The normalized spacial score (nSPS) is 11.5. The van der Waals surface area contributed by atoms with Crippen LogP contribution in [0, 0.1) is 5.92 Å². The fraction of sp³-hybridized carbons (Fsp3) is 0.500. The molecule has 144 valence electrons. The molecule has 0 saturated carbocycles. The lowest BCUT2D eigenvalue weighted by atomic mass is 10.1. The minimum absolute atomic E-state index is 0.0305. The number of hydrogen-bond donors (Lipinski definition) is 1. The quantitative estimate of drug-likeness (QED) is 0.692. The summed E-state index contributed by atoms with van der Waals surface area (Å²) in [5.41, 5.74) is 2.72. The average Bonchev–Trinajstić information content (AvgIpc) is 3.10. The van der Waals surface area contributed by atoms with Gasteiger partial charge in [-0.1, -0.05) is 20.8 Å². The summed E-state index contributed by atoms with van der Waals surface area (Å²) in [6.07, 6.45) is 2.48. The van der Waals surface area contributed by atoms with Gasteiger partial charge in [-0.2, -0.15) is 0 Å². The summed E-state index contributed by atoms with van der Waals surface area (Å²) in [7, 11) is 0. The molecular weight excluding hydrogens is 340 g/mol. The van der Waals surface area contributed by atoms with Gasteiger partial charge in [0.1, 0.15) is 17.0 Å². The van der Waals surface area contributed by atoms with Gasteiger partial charge < -0.3 is 10.2 Å². The fourth-order valence-electron chi connectivity index (χ4n) is 3.31. The molecule has 0 aliphatic carbocycles. The van der Waals surface area contributed by atoms with E-state index in [0.717, 1.165) is 29.1 Å². The van der Waals surface area contributed by atoms with Gasteiger partial charge in [-0.05, 0) is 31.9 Å². The molecule has 3 rings (SSSR count). The maximum atomic E-state index is 13.4. The SMILES string of the molecule is CCc1nnc2c(C(=O)N(CC)CC)c(NCC(C)C)c3cccnc3n12. The van der Waals surface area contributed by atoms with Gasteiger partial charge >= 0.3 is 0 Å². The van der Waals surface area contributed by atoms with Crippen molar-refractivity contribution >= 4 is 28.3 Å². The highest BCUT2D eigenvalue weighted by atomic mass is 16.2. The van der Waals surface area contributed by atoms with Gasteiger partial charge in [0.15, 0.2) is 5.65 Å². The largest absolute Gasteiger partial charge is 0.383 e. The van der Waals surface area contributed by atoms with Crippen LogP contribution in [0.3, 0.4) is 0 Å². The van der Waals surface area contributed by atoms with Crippen molar-refractivity contribution in [3.8, 4) is 0 Å². The van der Waals surface area contributed by atoms with Gasteiger partial charge in [0.25, 0.3) is 5.91 Å². The van der Waals surface area contributed by atoms with Crippen molar-refractivity contribution in [3.63, 3.8) is 0 Å². The molecule has 0 radical (unpaired) electrons. The third-order valence-corrected chi connectivity index (χ3v) is 4.74. The Morgan fingerprint density at radius 1 is 1.19 bits per heavy atom. The van der Waals surface area contributed by atoms with Gasteiger partial charge in [0, 0.05) is 37.6 Å². The predicted molar refractivity (Wildman–Crippen MR) is 108 cm³/mol. The van der Waals surface area contributed by atoms with Gasteiger partial charge in [-0.25, -0.2) is 4.98 Å². The summed E-state index contributed by atoms with van der Waals surface area (Å²) in [5, 5.41) is 13.1. The van der Waals surface area contributed by atoms with Crippen LogP contribution in [0.25, 0.3) is 16.7 Å². The third kappa shape index (κ3) is 3.34. The third-order valence-electron chi connectivity index (χ3n) is 4.74. The monoisotopic (exact) mass is 368 g/mol. The molecule has 7 nitrogen and oxygen atoms in total. The van der Waals surface area contributed by atoms with Crippen molar-refractivity contribution < 1.29 is 4.79 Å². The van der Waals surface area contributed by atoms with E-state index in [4.69, 9.17) is 0 Å². The molecule has 3 heterocycles. The Balaban J connectivity index is 2.39. The number of nitrogens with one attached hydrogen (secondary N) is 1. The van der Waals surface area contributed by atoms with Crippen LogP contribution < -0.4 is 5.32 Å². The van der Waals surface area contributed by atoms with Crippen LogP contribution in [0.5, 0.6) is 0 Å². The first-order chi connectivity index (χ1) is 13.0. The van der Waals surface area contributed by atoms with Gasteiger partial charge in [0.2, 0.25) is 0 Å². The summed E-state index contributed by atoms with van der Waals surface area (Å²) in [6.45, 7) is 12.3. The van der Waals surface area contributed by atoms with Crippen molar-refractivity contribution in [2.75, 3.05) is 25.0 Å². The molecule has 0 fully saturated rings. The lowest BCUT2D eigenvalue weighted by Crippen LogP contribution is -2.32. The van der Waals surface area contributed by atoms with Gasteiger partial charge in [0.05, 0.1) is 5.69 Å². The van der Waals surface area contributed by atoms with Crippen molar-refractivity contribution in [2.24, 2.45) is 5.92 Å². The van der Waals surface area contributed by atoms with E-state index >= 15 is 0 Å². The van der Waals surface area contributed by atoms with Crippen LogP contribution in [-0.4, -0.2) is 50.0 Å². The Morgan fingerprint density at radius 2 is 1.93 bits per heavy atom. The Labute approximate surface area is 159 Å². The van der Waals surface area contributed by atoms with Crippen LogP contribution in [0.1, 0.15) is 50.8 Å². The zero-order chi connectivity index (χ0) is 19.6. The zero-order valence-electron chi connectivity index (χ0n) is 16.8. The lowest BCUT2D eigenvalue weighted by molar-refractivity contribution is 0.0775. The Bertz CT molecular complexity index is 958. The molecule has 3 aromatic rings. The highest BCUT2D eigenvalue weighted by Crippen LogP contribution is 2.31. The predicted octanol–water partition coefficient (Wildman–Crippen LogP) is 3.39. The molecule has 0 atom stereocenters. The van der Waals surface area contributed by atoms with Crippen molar-refractivity contribution in [3.05, 3.63) is 29.7 Å².